The van der Waals surface area contributed by atoms with Gasteiger partial charge < -0.3 is 5.32 Å². The Hall–Kier alpha value is -0.540. The van der Waals surface area contributed by atoms with E-state index in [1.165, 1.54) is 38.5 Å². The van der Waals surface area contributed by atoms with Crippen LogP contribution in [0, 0.1) is 23.2 Å². The molecule has 1 aromatic heterocycles. The molecule has 4 aliphatic carbocycles. The van der Waals surface area contributed by atoms with Gasteiger partial charge in [-0.3, -0.25) is 0 Å². The average Bonchev–Trinajstić information content (AvgIpc) is 2.41. The number of aromatic nitrogens is 2. The fourth-order valence-electron chi connectivity index (χ4n) is 5.55. The zero-order chi connectivity index (χ0) is 14.6. The number of rotatable bonds is 3. The SMILES string of the molecule is CC(Nc1cc(Cl)nnc1Cl)C12CC3CC(CC(C3)C1)C2. The molecule has 0 spiro atoms. The normalized spacial score (nSPS) is 38.5. The summed E-state index contributed by atoms with van der Waals surface area (Å²) < 4.78 is 0. The van der Waals surface area contributed by atoms with Gasteiger partial charge in [-0.2, -0.15) is 0 Å². The van der Waals surface area contributed by atoms with Gasteiger partial charge in [0.2, 0.25) is 0 Å². The Morgan fingerprint density at radius 3 is 2.24 bits per heavy atom. The first-order chi connectivity index (χ1) is 10.0. The summed E-state index contributed by atoms with van der Waals surface area (Å²) in [5.41, 5.74) is 1.26. The van der Waals surface area contributed by atoms with Crippen LogP contribution in [0.1, 0.15) is 45.4 Å². The second-order valence-electron chi connectivity index (χ2n) is 7.52. The zero-order valence-electron chi connectivity index (χ0n) is 12.3. The smallest absolute Gasteiger partial charge is 0.174 e. The highest BCUT2D eigenvalue weighted by atomic mass is 35.5. The summed E-state index contributed by atoms with van der Waals surface area (Å²) in [5.74, 6) is 2.86. The Bertz CT molecular complexity index is 525. The lowest BCUT2D eigenvalue weighted by Crippen LogP contribution is -2.52. The second-order valence-corrected chi connectivity index (χ2v) is 8.26. The molecule has 4 saturated carbocycles. The second kappa shape index (κ2) is 4.99. The number of nitrogens with zero attached hydrogens (tertiary/aromatic N) is 2. The van der Waals surface area contributed by atoms with E-state index in [0.29, 0.717) is 21.8 Å². The van der Waals surface area contributed by atoms with Crippen molar-refractivity contribution in [3.05, 3.63) is 16.4 Å². The van der Waals surface area contributed by atoms with Gasteiger partial charge in [0.1, 0.15) is 0 Å². The monoisotopic (exact) mass is 325 g/mol. The van der Waals surface area contributed by atoms with Crippen molar-refractivity contribution in [3.63, 3.8) is 0 Å². The summed E-state index contributed by atoms with van der Waals surface area (Å²) in [4.78, 5) is 0. The van der Waals surface area contributed by atoms with Crippen molar-refractivity contribution >= 4 is 28.9 Å². The number of nitrogens with one attached hydrogen (secondary N) is 1. The van der Waals surface area contributed by atoms with Crippen LogP contribution in [0.4, 0.5) is 5.69 Å². The Morgan fingerprint density at radius 2 is 1.67 bits per heavy atom. The topological polar surface area (TPSA) is 37.8 Å². The lowest BCUT2D eigenvalue weighted by atomic mass is 9.48. The summed E-state index contributed by atoms with van der Waals surface area (Å²) in [5, 5.41) is 12.1. The maximum Gasteiger partial charge on any atom is 0.174 e. The van der Waals surface area contributed by atoms with E-state index in [9.17, 15) is 0 Å². The fraction of sp³-hybridized carbons (Fsp3) is 0.750. The summed E-state index contributed by atoms with van der Waals surface area (Å²) in [6.45, 7) is 2.30. The van der Waals surface area contributed by atoms with Crippen LogP contribution in [0.5, 0.6) is 0 Å². The van der Waals surface area contributed by atoms with E-state index in [-0.39, 0.29) is 0 Å². The van der Waals surface area contributed by atoms with Gasteiger partial charge in [-0.25, -0.2) is 0 Å². The molecule has 0 amide bonds. The Labute approximate surface area is 135 Å². The minimum Gasteiger partial charge on any atom is -0.379 e. The van der Waals surface area contributed by atoms with Gasteiger partial charge in [-0.1, -0.05) is 23.2 Å². The van der Waals surface area contributed by atoms with E-state index in [1.807, 2.05) is 0 Å². The molecule has 114 valence electrons. The van der Waals surface area contributed by atoms with Crippen molar-refractivity contribution < 1.29 is 0 Å². The minimum absolute atomic E-state index is 0.389. The van der Waals surface area contributed by atoms with Crippen LogP contribution in [0.15, 0.2) is 6.07 Å². The maximum absolute atomic E-state index is 6.15. The molecule has 0 radical (unpaired) electrons. The first kappa shape index (κ1) is 14.1. The Kier molecular flexibility index (Phi) is 3.34. The van der Waals surface area contributed by atoms with Crippen LogP contribution in [-0.4, -0.2) is 16.2 Å². The minimum atomic E-state index is 0.389. The highest BCUT2D eigenvalue weighted by Gasteiger charge is 2.53. The molecule has 4 fully saturated rings. The van der Waals surface area contributed by atoms with Gasteiger partial charge in [0, 0.05) is 12.1 Å². The van der Waals surface area contributed by atoms with Gasteiger partial charge in [0.15, 0.2) is 10.3 Å². The highest BCUT2D eigenvalue weighted by molar-refractivity contribution is 6.33. The molecule has 1 atom stereocenters. The molecule has 5 rings (SSSR count). The van der Waals surface area contributed by atoms with Gasteiger partial charge in [-0.15, -0.1) is 10.2 Å². The molecule has 0 saturated heterocycles. The van der Waals surface area contributed by atoms with E-state index in [0.717, 1.165) is 23.4 Å². The molecule has 0 aliphatic heterocycles. The first-order valence-electron chi connectivity index (χ1n) is 7.99. The summed E-state index contributed by atoms with van der Waals surface area (Å²) in [6, 6.07) is 2.19. The van der Waals surface area contributed by atoms with Crippen LogP contribution in [-0.2, 0) is 0 Å². The van der Waals surface area contributed by atoms with Crippen molar-refractivity contribution in [3.8, 4) is 0 Å². The Morgan fingerprint density at radius 1 is 1.10 bits per heavy atom. The molecule has 4 bridgehead atoms. The molecule has 5 heteroatoms. The van der Waals surface area contributed by atoms with Crippen LogP contribution in [0.2, 0.25) is 10.3 Å². The van der Waals surface area contributed by atoms with Gasteiger partial charge in [0.05, 0.1) is 5.69 Å². The summed E-state index contributed by atoms with van der Waals surface area (Å²) >= 11 is 12.1. The fourth-order valence-corrected chi connectivity index (χ4v) is 5.84. The lowest BCUT2D eigenvalue weighted by molar-refractivity contribution is -0.0602. The van der Waals surface area contributed by atoms with E-state index in [4.69, 9.17) is 23.2 Å². The predicted octanol–water partition coefficient (Wildman–Crippen LogP) is 4.80. The van der Waals surface area contributed by atoms with E-state index >= 15 is 0 Å². The van der Waals surface area contributed by atoms with Crippen LogP contribution in [0.25, 0.3) is 0 Å². The number of hydrogen-bond donors (Lipinski definition) is 1. The quantitative estimate of drug-likeness (QED) is 0.867. The van der Waals surface area contributed by atoms with Gasteiger partial charge in [0.25, 0.3) is 0 Å². The van der Waals surface area contributed by atoms with E-state index in [2.05, 4.69) is 22.4 Å². The summed E-state index contributed by atoms with van der Waals surface area (Å²) in [6.07, 6.45) is 8.52. The van der Waals surface area contributed by atoms with Crippen molar-refractivity contribution in [2.24, 2.45) is 23.2 Å². The first-order valence-corrected chi connectivity index (χ1v) is 8.75. The number of anilines is 1. The third kappa shape index (κ3) is 2.43. The molecule has 1 N–H and O–H groups in total. The average molecular weight is 326 g/mol. The molecule has 1 heterocycles. The lowest BCUT2D eigenvalue weighted by Gasteiger charge is -2.59. The maximum atomic E-state index is 6.15. The third-order valence-electron chi connectivity index (χ3n) is 6.10. The van der Waals surface area contributed by atoms with Crippen molar-refractivity contribution in [1.82, 2.24) is 10.2 Å². The van der Waals surface area contributed by atoms with Crippen LogP contribution >= 0.6 is 23.2 Å². The number of halogens is 2. The third-order valence-corrected chi connectivity index (χ3v) is 6.56. The highest BCUT2D eigenvalue weighted by Crippen LogP contribution is 2.61. The molecular weight excluding hydrogens is 305 g/mol. The zero-order valence-corrected chi connectivity index (χ0v) is 13.8. The Balaban J connectivity index is 1.57. The van der Waals surface area contributed by atoms with Crippen molar-refractivity contribution in [1.29, 1.82) is 0 Å². The summed E-state index contributed by atoms with van der Waals surface area (Å²) in [7, 11) is 0. The van der Waals surface area contributed by atoms with E-state index < -0.39 is 0 Å². The molecular formula is C16H21Cl2N3. The molecule has 1 aromatic rings. The molecule has 0 aromatic carbocycles. The molecule has 3 nitrogen and oxygen atoms in total. The molecule has 4 aliphatic rings. The van der Waals surface area contributed by atoms with Crippen LogP contribution in [0.3, 0.4) is 0 Å². The predicted molar refractivity (Wildman–Crippen MR) is 85.7 cm³/mol. The van der Waals surface area contributed by atoms with Crippen molar-refractivity contribution in [2.45, 2.75) is 51.5 Å². The van der Waals surface area contributed by atoms with Gasteiger partial charge in [-0.05, 0) is 68.6 Å². The standard InChI is InChI=1S/C16H21Cl2N3/c1-9(19-13-5-14(17)20-21-15(13)18)16-6-10-2-11(7-16)4-12(3-10)8-16/h5,9-12H,2-4,6-8H2,1H3,(H,19,20). The van der Waals surface area contributed by atoms with E-state index in [1.54, 1.807) is 6.07 Å². The van der Waals surface area contributed by atoms with Crippen LogP contribution < -0.4 is 5.32 Å². The number of hydrogen-bond acceptors (Lipinski definition) is 3. The molecule has 1 unspecified atom stereocenters. The molecule has 21 heavy (non-hydrogen) atoms. The largest absolute Gasteiger partial charge is 0.379 e. The van der Waals surface area contributed by atoms with Crippen molar-refractivity contribution in [2.75, 3.05) is 5.32 Å². The van der Waals surface area contributed by atoms with Gasteiger partial charge >= 0.3 is 0 Å².